The number of nitrogens with one attached hydrogen (secondary N) is 1. The lowest BCUT2D eigenvalue weighted by atomic mass is 10.1. The molecule has 1 aromatic carbocycles. The van der Waals surface area contributed by atoms with Gasteiger partial charge in [-0.15, -0.1) is 0 Å². The van der Waals surface area contributed by atoms with Gasteiger partial charge in [-0.2, -0.15) is 0 Å². The maximum absolute atomic E-state index is 12.1. The van der Waals surface area contributed by atoms with E-state index in [2.05, 4.69) is 5.32 Å². The minimum atomic E-state index is -0.468. The molecule has 5 nitrogen and oxygen atoms in total. The Kier molecular flexibility index (Phi) is 4.08. The number of para-hydroxylation sites is 1. The first kappa shape index (κ1) is 13.9. The molecule has 0 saturated carbocycles. The van der Waals surface area contributed by atoms with Gasteiger partial charge in [0, 0.05) is 32.5 Å². The molecule has 0 radical (unpaired) electrons. The molecule has 5 heteroatoms. The highest BCUT2D eigenvalue weighted by Crippen LogP contribution is 2.28. The second-order valence-electron chi connectivity index (χ2n) is 5.55. The summed E-state index contributed by atoms with van der Waals surface area (Å²) in [4.78, 5) is 25.8. The Labute approximate surface area is 124 Å². The standard InChI is InChI=1S/C16H20N2O3/c19-15(18-9-3-4-10-18)7-8-17-16(20)14-11-12-5-1-2-6-13(12)21-14/h1-2,5-6,14H,3-4,7-11H2,(H,17,20). The largest absolute Gasteiger partial charge is 0.480 e. The molecule has 0 spiro atoms. The molecule has 2 aliphatic heterocycles. The van der Waals surface area contributed by atoms with E-state index >= 15 is 0 Å². The van der Waals surface area contributed by atoms with Gasteiger partial charge >= 0.3 is 0 Å². The van der Waals surface area contributed by atoms with E-state index in [1.807, 2.05) is 29.2 Å². The Balaban J connectivity index is 1.42. The van der Waals surface area contributed by atoms with E-state index in [1.54, 1.807) is 0 Å². The number of nitrogens with zero attached hydrogens (tertiary/aromatic N) is 1. The van der Waals surface area contributed by atoms with Crippen LogP contribution in [0.5, 0.6) is 5.75 Å². The van der Waals surface area contributed by atoms with Crippen LogP contribution in [-0.2, 0) is 16.0 Å². The van der Waals surface area contributed by atoms with E-state index in [0.29, 0.717) is 19.4 Å². The summed E-state index contributed by atoms with van der Waals surface area (Å²) in [5, 5.41) is 2.80. The summed E-state index contributed by atoms with van der Waals surface area (Å²) >= 11 is 0. The first-order chi connectivity index (χ1) is 10.2. The number of carbonyl (C=O) groups is 2. The molecule has 1 fully saturated rings. The zero-order chi connectivity index (χ0) is 14.7. The van der Waals surface area contributed by atoms with Crippen LogP contribution in [-0.4, -0.2) is 42.5 Å². The molecule has 1 unspecified atom stereocenters. The number of carbonyl (C=O) groups excluding carboxylic acids is 2. The van der Waals surface area contributed by atoms with E-state index in [-0.39, 0.29) is 11.8 Å². The van der Waals surface area contributed by atoms with Gasteiger partial charge in [0.2, 0.25) is 5.91 Å². The number of benzene rings is 1. The van der Waals surface area contributed by atoms with Crippen molar-refractivity contribution in [1.29, 1.82) is 0 Å². The van der Waals surface area contributed by atoms with Gasteiger partial charge < -0.3 is 15.0 Å². The van der Waals surface area contributed by atoms with Crippen LogP contribution in [0.3, 0.4) is 0 Å². The molecule has 2 heterocycles. The molecule has 0 aliphatic carbocycles. The Morgan fingerprint density at radius 2 is 2.00 bits per heavy atom. The average Bonchev–Trinajstić information content (AvgIpc) is 3.16. The van der Waals surface area contributed by atoms with Crippen molar-refractivity contribution in [3.8, 4) is 5.75 Å². The number of likely N-dealkylation sites (tertiary alicyclic amines) is 1. The molecule has 2 aliphatic rings. The lowest BCUT2D eigenvalue weighted by Gasteiger charge is -2.16. The Morgan fingerprint density at radius 1 is 1.24 bits per heavy atom. The topological polar surface area (TPSA) is 58.6 Å². The normalized spacial score (nSPS) is 20.0. The molecule has 21 heavy (non-hydrogen) atoms. The second kappa shape index (κ2) is 6.16. The maximum Gasteiger partial charge on any atom is 0.261 e. The first-order valence-electron chi connectivity index (χ1n) is 7.54. The third-order valence-electron chi connectivity index (χ3n) is 4.04. The maximum atomic E-state index is 12.1. The fourth-order valence-electron chi connectivity index (χ4n) is 2.86. The summed E-state index contributed by atoms with van der Waals surface area (Å²) in [6, 6.07) is 7.68. The van der Waals surface area contributed by atoms with E-state index in [1.165, 1.54) is 0 Å². The summed E-state index contributed by atoms with van der Waals surface area (Å²) in [6.07, 6.45) is 2.68. The Morgan fingerprint density at radius 3 is 2.76 bits per heavy atom. The van der Waals surface area contributed by atoms with E-state index in [0.717, 1.165) is 37.2 Å². The minimum Gasteiger partial charge on any atom is -0.480 e. The fourth-order valence-corrected chi connectivity index (χ4v) is 2.86. The van der Waals surface area contributed by atoms with Crippen molar-refractivity contribution in [3.05, 3.63) is 29.8 Å². The van der Waals surface area contributed by atoms with E-state index in [9.17, 15) is 9.59 Å². The van der Waals surface area contributed by atoms with Gasteiger partial charge in [-0.05, 0) is 24.5 Å². The summed E-state index contributed by atoms with van der Waals surface area (Å²) in [5.41, 5.74) is 1.06. The summed E-state index contributed by atoms with van der Waals surface area (Å²) in [7, 11) is 0. The van der Waals surface area contributed by atoms with Crippen LogP contribution >= 0.6 is 0 Å². The number of hydrogen-bond donors (Lipinski definition) is 1. The number of hydrogen-bond acceptors (Lipinski definition) is 3. The number of rotatable bonds is 4. The lowest BCUT2D eigenvalue weighted by molar-refractivity contribution is -0.130. The number of amides is 2. The summed E-state index contributed by atoms with van der Waals surface area (Å²) in [5.74, 6) is 0.773. The third-order valence-corrected chi connectivity index (χ3v) is 4.04. The Hall–Kier alpha value is -2.04. The van der Waals surface area contributed by atoms with Crippen molar-refractivity contribution < 1.29 is 14.3 Å². The van der Waals surface area contributed by atoms with Gasteiger partial charge in [-0.3, -0.25) is 9.59 Å². The molecule has 1 atom stereocenters. The lowest BCUT2D eigenvalue weighted by Crippen LogP contribution is -2.39. The molecular weight excluding hydrogens is 268 g/mol. The predicted octanol–water partition coefficient (Wildman–Crippen LogP) is 1.12. The van der Waals surface area contributed by atoms with Crippen LogP contribution in [0.1, 0.15) is 24.8 Å². The molecule has 3 rings (SSSR count). The average molecular weight is 288 g/mol. The first-order valence-corrected chi connectivity index (χ1v) is 7.54. The predicted molar refractivity (Wildman–Crippen MR) is 78.0 cm³/mol. The quantitative estimate of drug-likeness (QED) is 0.903. The highest BCUT2D eigenvalue weighted by molar-refractivity contribution is 5.83. The zero-order valence-corrected chi connectivity index (χ0v) is 12.0. The number of fused-ring (bicyclic) bond motifs is 1. The fraction of sp³-hybridized carbons (Fsp3) is 0.500. The van der Waals surface area contributed by atoms with Gasteiger partial charge in [-0.25, -0.2) is 0 Å². The molecule has 1 saturated heterocycles. The summed E-state index contributed by atoms with van der Waals surface area (Å²) < 4.78 is 5.62. The van der Waals surface area contributed by atoms with Crippen molar-refractivity contribution >= 4 is 11.8 Å². The molecule has 0 bridgehead atoms. The minimum absolute atomic E-state index is 0.128. The van der Waals surface area contributed by atoms with Crippen LogP contribution in [0.2, 0.25) is 0 Å². The SMILES string of the molecule is O=C(NCCC(=O)N1CCCC1)C1Cc2ccccc2O1. The molecule has 112 valence electrons. The van der Waals surface area contributed by atoms with Crippen molar-refractivity contribution in [2.75, 3.05) is 19.6 Å². The summed E-state index contributed by atoms with van der Waals surface area (Å²) in [6.45, 7) is 2.09. The highest BCUT2D eigenvalue weighted by Gasteiger charge is 2.28. The van der Waals surface area contributed by atoms with Crippen LogP contribution < -0.4 is 10.1 Å². The molecule has 1 N–H and O–H groups in total. The molecule has 0 aromatic heterocycles. The van der Waals surface area contributed by atoms with Crippen LogP contribution in [0.4, 0.5) is 0 Å². The van der Waals surface area contributed by atoms with Gasteiger partial charge in [0.15, 0.2) is 6.10 Å². The van der Waals surface area contributed by atoms with Gasteiger partial charge in [-0.1, -0.05) is 18.2 Å². The molecule has 2 amide bonds. The Bertz CT molecular complexity index is 513. The van der Waals surface area contributed by atoms with Crippen LogP contribution in [0.15, 0.2) is 24.3 Å². The van der Waals surface area contributed by atoms with Gasteiger partial charge in [0.25, 0.3) is 5.91 Å². The third kappa shape index (κ3) is 3.17. The second-order valence-corrected chi connectivity index (χ2v) is 5.55. The van der Waals surface area contributed by atoms with Gasteiger partial charge in [0.1, 0.15) is 5.75 Å². The van der Waals surface area contributed by atoms with Crippen molar-refractivity contribution in [2.24, 2.45) is 0 Å². The monoisotopic (exact) mass is 288 g/mol. The van der Waals surface area contributed by atoms with Crippen molar-refractivity contribution in [1.82, 2.24) is 10.2 Å². The van der Waals surface area contributed by atoms with E-state index in [4.69, 9.17) is 4.74 Å². The van der Waals surface area contributed by atoms with Crippen molar-refractivity contribution in [2.45, 2.75) is 31.8 Å². The molecular formula is C16H20N2O3. The van der Waals surface area contributed by atoms with Gasteiger partial charge in [0.05, 0.1) is 0 Å². The zero-order valence-electron chi connectivity index (χ0n) is 12.0. The smallest absolute Gasteiger partial charge is 0.261 e. The van der Waals surface area contributed by atoms with E-state index < -0.39 is 6.10 Å². The van der Waals surface area contributed by atoms with Crippen LogP contribution in [0.25, 0.3) is 0 Å². The van der Waals surface area contributed by atoms with Crippen molar-refractivity contribution in [3.63, 3.8) is 0 Å². The number of ether oxygens (including phenoxy) is 1. The highest BCUT2D eigenvalue weighted by atomic mass is 16.5. The van der Waals surface area contributed by atoms with Crippen LogP contribution in [0, 0.1) is 0 Å². The molecule has 1 aromatic rings.